The molecule has 1 heterocycles. The second-order valence-corrected chi connectivity index (χ2v) is 4.67. The molecule has 1 N–H and O–H groups in total. The van der Waals surface area contributed by atoms with Crippen molar-refractivity contribution in [3.8, 4) is 5.75 Å². The van der Waals surface area contributed by atoms with Crippen LogP contribution in [0.25, 0.3) is 0 Å². The molecule has 0 aliphatic heterocycles. The number of halogens is 2. The molecule has 0 unspecified atom stereocenters. The van der Waals surface area contributed by atoms with Crippen LogP contribution < -0.4 is 10.1 Å². The second-order valence-electron chi connectivity index (χ2n) is 3.78. The Balaban J connectivity index is 2.04. The lowest BCUT2D eigenvalue weighted by Gasteiger charge is -2.11. The van der Waals surface area contributed by atoms with E-state index in [9.17, 15) is 18.9 Å². The zero-order valence-electron chi connectivity index (χ0n) is 10.1. The molecule has 0 spiro atoms. The number of para-hydroxylation sites is 2. The summed E-state index contributed by atoms with van der Waals surface area (Å²) in [5.74, 6) is 0.0345. The Morgan fingerprint density at radius 2 is 2.15 bits per heavy atom. The van der Waals surface area contributed by atoms with Gasteiger partial charge in [-0.3, -0.25) is 10.1 Å². The molecule has 5 nitrogen and oxygen atoms in total. The summed E-state index contributed by atoms with van der Waals surface area (Å²) in [4.78, 5) is 10.1. The van der Waals surface area contributed by atoms with Gasteiger partial charge in [-0.25, -0.2) is 0 Å². The third-order valence-electron chi connectivity index (χ3n) is 2.41. The topological polar surface area (TPSA) is 64.4 Å². The standard InChI is InChI=1S/C12H10F2N2O3S/c13-12(14)19-10-4-2-1-3-9(10)15-6-8-5-11(16(17)18)20-7-8/h1-5,7,12,15H,6H2. The molecule has 0 amide bonds. The maximum atomic E-state index is 12.2. The number of benzene rings is 1. The lowest BCUT2D eigenvalue weighted by Crippen LogP contribution is -2.06. The van der Waals surface area contributed by atoms with Crippen molar-refractivity contribution in [1.82, 2.24) is 0 Å². The first-order valence-electron chi connectivity index (χ1n) is 5.56. The van der Waals surface area contributed by atoms with Gasteiger partial charge in [0.05, 0.1) is 10.6 Å². The Kier molecular flexibility index (Phi) is 4.46. The number of ether oxygens (including phenoxy) is 1. The van der Waals surface area contributed by atoms with Crippen LogP contribution >= 0.6 is 11.3 Å². The summed E-state index contributed by atoms with van der Waals surface area (Å²) >= 11 is 1.02. The van der Waals surface area contributed by atoms with Crippen LogP contribution in [0, 0.1) is 10.1 Å². The SMILES string of the molecule is O=[N+]([O-])c1cc(CNc2ccccc2OC(F)F)cs1. The summed E-state index contributed by atoms with van der Waals surface area (Å²) in [6.45, 7) is -2.62. The minimum absolute atomic E-state index is 0.0345. The van der Waals surface area contributed by atoms with Gasteiger partial charge in [0.2, 0.25) is 0 Å². The predicted octanol–water partition coefficient (Wildman–Crippen LogP) is 3.87. The van der Waals surface area contributed by atoms with Crippen molar-refractivity contribution >= 4 is 22.0 Å². The highest BCUT2D eigenvalue weighted by Gasteiger charge is 2.11. The van der Waals surface area contributed by atoms with E-state index in [1.165, 1.54) is 12.1 Å². The molecule has 0 radical (unpaired) electrons. The number of alkyl halides is 2. The molecular weight excluding hydrogens is 290 g/mol. The minimum atomic E-state index is -2.90. The van der Waals surface area contributed by atoms with Crippen LogP contribution in [0.2, 0.25) is 0 Å². The Morgan fingerprint density at radius 3 is 2.80 bits per heavy atom. The van der Waals surface area contributed by atoms with Gasteiger partial charge >= 0.3 is 11.6 Å². The zero-order chi connectivity index (χ0) is 14.5. The average molecular weight is 300 g/mol. The van der Waals surface area contributed by atoms with E-state index in [1.807, 2.05) is 0 Å². The first-order valence-corrected chi connectivity index (χ1v) is 6.43. The zero-order valence-corrected chi connectivity index (χ0v) is 10.9. The third-order valence-corrected chi connectivity index (χ3v) is 3.33. The van der Waals surface area contributed by atoms with Gasteiger partial charge in [-0.1, -0.05) is 23.5 Å². The number of nitrogens with zero attached hydrogens (tertiary/aromatic N) is 1. The normalized spacial score (nSPS) is 10.6. The van der Waals surface area contributed by atoms with Crippen LogP contribution in [0.5, 0.6) is 5.75 Å². The average Bonchev–Trinajstić information content (AvgIpc) is 2.86. The fourth-order valence-corrected chi connectivity index (χ4v) is 2.29. The van der Waals surface area contributed by atoms with Crippen molar-refractivity contribution in [2.45, 2.75) is 13.2 Å². The lowest BCUT2D eigenvalue weighted by atomic mass is 10.2. The van der Waals surface area contributed by atoms with E-state index in [4.69, 9.17) is 0 Å². The van der Waals surface area contributed by atoms with Gasteiger partial charge in [-0.15, -0.1) is 0 Å². The van der Waals surface area contributed by atoms with Crippen LogP contribution in [0.1, 0.15) is 5.56 Å². The highest BCUT2D eigenvalue weighted by Crippen LogP contribution is 2.27. The van der Waals surface area contributed by atoms with Crippen LogP contribution in [0.4, 0.5) is 19.5 Å². The fourth-order valence-electron chi connectivity index (χ4n) is 1.56. The van der Waals surface area contributed by atoms with Crippen molar-refractivity contribution in [2.75, 3.05) is 5.32 Å². The summed E-state index contributed by atoms with van der Waals surface area (Å²) in [6.07, 6.45) is 0. The summed E-state index contributed by atoms with van der Waals surface area (Å²) in [5.41, 5.74) is 1.11. The Hall–Kier alpha value is -2.22. The van der Waals surface area contributed by atoms with Gasteiger partial charge in [0.15, 0.2) is 0 Å². The van der Waals surface area contributed by atoms with Crippen LogP contribution in [0.15, 0.2) is 35.7 Å². The summed E-state index contributed by atoms with van der Waals surface area (Å²) in [6, 6.07) is 7.71. The molecule has 2 rings (SSSR count). The molecule has 20 heavy (non-hydrogen) atoms. The maximum Gasteiger partial charge on any atom is 0.387 e. The second kappa shape index (κ2) is 6.29. The lowest BCUT2D eigenvalue weighted by molar-refractivity contribution is -0.380. The van der Waals surface area contributed by atoms with Gasteiger partial charge in [-0.05, 0) is 17.7 Å². The highest BCUT2D eigenvalue weighted by atomic mass is 32.1. The fraction of sp³-hybridized carbons (Fsp3) is 0.167. The molecule has 2 aromatic rings. The van der Waals surface area contributed by atoms with Gasteiger partial charge in [0.25, 0.3) is 0 Å². The van der Waals surface area contributed by atoms with Crippen LogP contribution in [0.3, 0.4) is 0 Å². The van der Waals surface area contributed by atoms with E-state index in [-0.39, 0.29) is 17.3 Å². The third kappa shape index (κ3) is 3.64. The highest BCUT2D eigenvalue weighted by molar-refractivity contribution is 7.13. The molecule has 8 heteroatoms. The molecule has 106 valence electrons. The molecule has 1 aromatic carbocycles. The molecule has 0 aliphatic rings. The summed E-state index contributed by atoms with van der Waals surface area (Å²) in [7, 11) is 0. The number of nitro groups is 1. The molecule has 1 aromatic heterocycles. The molecule has 0 bridgehead atoms. The van der Waals surface area contributed by atoms with Crippen molar-refractivity contribution in [1.29, 1.82) is 0 Å². The number of thiophene rings is 1. The van der Waals surface area contributed by atoms with E-state index >= 15 is 0 Å². The Morgan fingerprint density at radius 1 is 1.40 bits per heavy atom. The predicted molar refractivity (Wildman–Crippen MR) is 71.4 cm³/mol. The number of hydrogen-bond donors (Lipinski definition) is 1. The number of rotatable bonds is 6. The summed E-state index contributed by atoms with van der Waals surface area (Å²) in [5, 5.41) is 15.2. The van der Waals surface area contributed by atoms with Gasteiger partial charge in [0, 0.05) is 18.0 Å². The van der Waals surface area contributed by atoms with Gasteiger partial charge in [-0.2, -0.15) is 8.78 Å². The van der Waals surface area contributed by atoms with E-state index in [1.54, 1.807) is 23.6 Å². The van der Waals surface area contributed by atoms with E-state index in [2.05, 4.69) is 10.1 Å². The quantitative estimate of drug-likeness (QED) is 0.649. The van der Waals surface area contributed by atoms with Crippen molar-refractivity contribution in [3.63, 3.8) is 0 Å². The molecule has 0 saturated heterocycles. The summed E-state index contributed by atoms with van der Waals surface area (Å²) < 4.78 is 28.8. The van der Waals surface area contributed by atoms with Gasteiger partial charge in [0.1, 0.15) is 5.75 Å². The van der Waals surface area contributed by atoms with Crippen LogP contribution in [-0.4, -0.2) is 11.5 Å². The van der Waals surface area contributed by atoms with Crippen molar-refractivity contribution in [2.24, 2.45) is 0 Å². The number of nitrogens with one attached hydrogen (secondary N) is 1. The molecular formula is C12H10F2N2O3S. The number of anilines is 1. The van der Waals surface area contributed by atoms with Crippen molar-refractivity contribution < 1.29 is 18.4 Å². The maximum absolute atomic E-state index is 12.2. The molecule has 0 atom stereocenters. The molecule has 0 fully saturated rings. The largest absolute Gasteiger partial charge is 0.433 e. The smallest absolute Gasteiger partial charge is 0.387 e. The first-order chi connectivity index (χ1) is 9.56. The van der Waals surface area contributed by atoms with Crippen LogP contribution in [-0.2, 0) is 6.54 Å². The molecule has 0 saturated carbocycles. The Labute approximate surface area is 117 Å². The first kappa shape index (κ1) is 14.2. The monoisotopic (exact) mass is 300 g/mol. The minimum Gasteiger partial charge on any atom is -0.433 e. The van der Waals surface area contributed by atoms with Gasteiger partial charge < -0.3 is 10.1 Å². The van der Waals surface area contributed by atoms with Crippen molar-refractivity contribution in [3.05, 3.63) is 51.4 Å². The van der Waals surface area contributed by atoms with E-state index < -0.39 is 11.5 Å². The van der Waals surface area contributed by atoms with E-state index in [0.29, 0.717) is 11.3 Å². The Bertz CT molecular complexity index is 604. The van der Waals surface area contributed by atoms with E-state index in [0.717, 1.165) is 11.3 Å². The number of hydrogen-bond acceptors (Lipinski definition) is 5. The molecule has 0 aliphatic carbocycles.